The van der Waals surface area contributed by atoms with Crippen LogP contribution < -0.4 is 0 Å². The third-order valence-electron chi connectivity index (χ3n) is 2.40. The van der Waals surface area contributed by atoms with E-state index in [2.05, 4.69) is 61.4 Å². The predicted octanol–water partition coefficient (Wildman–Crippen LogP) is 5.45. The average molecular weight is 546 g/mol. The number of nitrogens with zero attached hydrogens (tertiary/aromatic N) is 1. The molecular weight excluding hydrogens is 519 g/mol. The summed E-state index contributed by atoms with van der Waals surface area (Å²) in [5.41, 5.74) is 7.00. The maximum absolute atomic E-state index is 6.67. The molecule has 0 radical (unpaired) electrons. The topological polar surface area (TPSA) is 12.9 Å². The van der Waals surface area contributed by atoms with Crippen LogP contribution in [0.15, 0.2) is 48.7 Å². The van der Waals surface area contributed by atoms with E-state index in [1.165, 1.54) is 0 Å². The van der Waals surface area contributed by atoms with Crippen LogP contribution in [-0.4, -0.2) is 21.1 Å². The van der Waals surface area contributed by atoms with Crippen LogP contribution in [0, 0.1) is 30.0 Å². The van der Waals surface area contributed by atoms with Crippen LogP contribution in [0.2, 0.25) is 39.3 Å². The third kappa shape index (κ3) is 15.9. The standard InChI is InChI=1S/C11H8N.2C5H9Si.Au/c1-2-6-10(7-3-1)11-8-4-5-9-12-11;2*1-5-6(2,3)4;/h1-6,8-9H;2*2-4H3;/q3*-1;+3. The van der Waals surface area contributed by atoms with Crippen LogP contribution in [0.4, 0.5) is 0 Å². The summed E-state index contributed by atoms with van der Waals surface area (Å²) in [4.78, 5) is 4.22. The molecule has 0 saturated carbocycles. The smallest absolute Gasteiger partial charge is 0.701 e. The molecule has 25 heavy (non-hydrogen) atoms. The summed E-state index contributed by atoms with van der Waals surface area (Å²) in [5, 5.41) is 0. The molecule has 0 N–H and O–H groups in total. The molecule has 0 spiro atoms. The van der Waals surface area contributed by atoms with Crippen molar-refractivity contribution in [2.24, 2.45) is 0 Å². The van der Waals surface area contributed by atoms with Crippen molar-refractivity contribution >= 4 is 16.1 Å². The molecule has 0 aliphatic heterocycles. The van der Waals surface area contributed by atoms with Crippen molar-refractivity contribution in [2.45, 2.75) is 39.3 Å². The van der Waals surface area contributed by atoms with Crippen molar-refractivity contribution in [3.8, 4) is 22.3 Å². The Morgan fingerprint density at radius 3 is 1.64 bits per heavy atom. The van der Waals surface area contributed by atoms with Crippen LogP contribution in [0.25, 0.3) is 11.3 Å². The summed E-state index contributed by atoms with van der Waals surface area (Å²) in [5.74, 6) is 0. The molecule has 2 rings (SSSR count). The van der Waals surface area contributed by atoms with Gasteiger partial charge in [0.15, 0.2) is 0 Å². The summed E-state index contributed by atoms with van der Waals surface area (Å²) in [6.07, 6.45) is 15.1. The van der Waals surface area contributed by atoms with Gasteiger partial charge in [-0.15, -0.1) is 35.9 Å². The Balaban J connectivity index is 0. The van der Waals surface area contributed by atoms with Gasteiger partial charge in [-0.25, -0.2) is 0 Å². The number of benzene rings is 1. The van der Waals surface area contributed by atoms with Gasteiger partial charge in [0.2, 0.25) is 0 Å². The van der Waals surface area contributed by atoms with Gasteiger partial charge < -0.3 is 28.9 Å². The summed E-state index contributed by atoms with van der Waals surface area (Å²) in [6, 6.07) is 16.8. The number of hydrogen-bond acceptors (Lipinski definition) is 1. The van der Waals surface area contributed by atoms with E-state index in [1.54, 1.807) is 6.20 Å². The summed E-state index contributed by atoms with van der Waals surface area (Å²) >= 11 is 0. The molecule has 0 bridgehead atoms. The SMILES string of the molecule is [Au+3].[C-]#C[Si](C)(C)C.[C-]#C[Si](C)(C)C.[c-]1ccccc1-c1ccccn1. The number of hydrogen-bond donors (Lipinski definition) is 0. The Hall–Kier alpha value is -1.34. The number of aromatic nitrogens is 1. The second-order valence-electron chi connectivity index (χ2n) is 7.24. The van der Waals surface area contributed by atoms with Gasteiger partial charge in [-0.3, -0.25) is 0 Å². The minimum Gasteiger partial charge on any atom is -0.701 e. The van der Waals surface area contributed by atoms with E-state index in [1.807, 2.05) is 42.5 Å². The largest absolute Gasteiger partial charge is 3.00 e. The van der Waals surface area contributed by atoms with E-state index < -0.39 is 16.1 Å². The van der Waals surface area contributed by atoms with Gasteiger partial charge in [0.05, 0.1) is 16.1 Å². The van der Waals surface area contributed by atoms with Gasteiger partial charge in [-0.1, -0.05) is 51.4 Å². The molecule has 0 aliphatic carbocycles. The van der Waals surface area contributed by atoms with Crippen molar-refractivity contribution in [3.05, 3.63) is 67.6 Å². The molecule has 0 saturated heterocycles. The van der Waals surface area contributed by atoms with Crippen molar-refractivity contribution in [1.82, 2.24) is 4.98 Å². The average Bonchev–Trinajstić information content (AvgIpc) is 2.56. The maximum atomic E-state index is 6.67. The molecule has 2 aromatic rings. The van der Waals surface area contributed by atoms with Gasteiger partial charge in [0, 0.05) is 6.20 Å². The Kier molecular flexibility index (Phi) is 13.4. The van der Waals surface area contributed by atoms with Gasteiger partial charge in [-0.2, -0.15) is 0 Å². The molecular formula is C21H26AuNSi2. The fraction of sp³-hybridized carbons (Fsp3) is 0.286. The fourth-order valence-electron chi connectivity index (χ4n) is 1.07. The summed E-state index contributed by atoms with van der Waals surface area (Å²) < 4.78 is 0. The van der Waals surface area contributed by atoms with Gasteiger partial charge in [0.1, 0.15) is 0 Å². The number of rotatable bonds is 1. The van der Waals surface area contributed by atoms with Crippen molar-refractivity contribution in [2.75, 3.05) is 0 Å². The molecule has 0 fully saturated rings. The monoisotopic (exact) mass is 545 g/mol. The predicted molar refractivity (Wildman–Crippen MR) is 109 cm³/mol. The molecule has 1 heterocycles. The second-order valence-corrected chi connectivity index (χ2v) is 16.7. The van der Waals surface area contributed by atoms with Crippen LogP contribution in [0.1, 0.15) is 0 Å². The van der Waals surface area contributed by atoms with E-state index in [4.69, 9.17) is 12.8 Å². The van der Waals surface area contributed by atoms with Crippen molar-refractivity contribution in [1.29, 1.82) is 0 Å². The molecule has 1 aromatic heterocycles. The number of pyridine rings is 1. The van der Waals surface area contributed by atoms with Crippen molar-refractivity contribution < 1.29 is 22.4 Å². The third-order valence-corrected chi connectivity index (χ3v) is 3.90. The molecule has 0 aliphatic rings. The molecule has 1 nitrogen and oxygen atoms in total. The molecule has 0 unspecified atom stereocenters. The minimum atomic E-state index is -1.21. The van der Waals surface area contributed by atoms with Gasteiger partial charge in [-0.05, 0) is 11.8 Å². The Bertz CT molecular complexity index is 596. The normalized spacial score (nSPS) is 9.60. The second kappa shape index (κ2) is 12.9. The minimum absolute atomic E-state index is 0. The first-order chi connectivity index (χ1) is 11.1. The maximum Gasteiger partial charge on any atom is 3.00 e. The molecule has 0 amide bonds. The summed E-state index contributed by atoms with van der Waals surface area (Å²) in [7, 11) is -2.43. The first kappa shape index (κ1) is 25.9. The fourth-order valence-corrected chi connectivity index (χ4v) is 1.07. The Morgan fingerprint density at radius 2 is 1.32 bits per heavy atom. The van der Waals surface area contributed by atoms with E-state index in [0.717, 1.165) is 11.3 Å². The van der Waals surface area contributed by atoms with Crippen LogP contribution in [0.5, 0.6) is 0 Å². The Labute approximate surface area is 172 Å². The molecule has 134 valence electrons. The zero-order chi connectivity index (χ0) is 18.6. The molecule has 1 aromatic carbocycles. The first-order valence-electron chi connectivity index (χ1n) is 7.85. The van der Waals surface area contributed by atoms with Crippen LogP contribution in [0.3, 0.4) is 0 Å². The van der Waals surface area contributed by atoms with Gasteiger partial charge >= 0.3 is 22.4 Å². The molecule has 4 heteroatoms. The zero-order valence-electron chi connectivity index (χ0n) is 15.9. The van der Waals surface area contributed by atoms with Crippen LogP contribution >= 0.6 is 0 Å². The van der Waals surface area contributed by atoms with E-state index in [0.29, 0.717) is 0 Å². The quantitative estimate of drug-likeness (QED) is 0.264. The summed E-state index contributed by atoms with van der Waals surface area (Å²) in [6.45, 7) is 12.5. The molecule has 0 atom stereocenters. The first-order valence-corrected chi connectivity index (χ1v) is 14.8. The van der Waals surface area contributed by atoms with Gasteiger partial charge in [0.25, 0.3) is 0 Å². The van der Waals surface area contributed by atoms with E-state index >= 15 is 0 Å². The van der Waals surface area contributed by atoms with E-state index in [9.17, 15) is 0 Å². The zero-order valence-corrected chi connectivity index (χ0v) is 20.0. The Morgan fingerprint density at radius 1 is 0.840 bits per heavy atom. The van der Waals surface area contributed by atoms with Crippen LogP contribution in [-0.2, 0) is 22.4 Å². The van der Waals surface area contributed by atoms with Crippen molar-refractivity contribution in [3.63, 3.8) is 0 Å². The van der Waals surface area contributed by atoms with E-state index in [-0.39, 0.29) is 22.4 Å².